The van der Waals surface area contributed by atoms with Gasteiger partial charge in [0, 0.05) is 19.8 Å². The van der Waals surface area contributed by atoms with E-state index in [9.17, 15) is 0 Å². The van der Waals surface area contributed by atoms with Crippen molar-refractivity contribution in [2.45, 2.75) is 58.3 Å². The van der Waals surface area contributed by atoms with Crippen molar-refractivity contribution in [3.8, 4) is 0 Å². The summed E-state index contributed by atoms with van der Waals surface area (Å²) in [5.41, 5.74) is 1.35. The van der Waals surface area contributed by atoms with Gasteiger partial charge in [-0.05, 0) is 17.5 Å². The van der Waals surface area contributed by atoms with Gasteiger partial charge in [0.05, 0.1) is 8.07 Å². The topological polar surface area (TPSA) is 15.6 Å². The van der Waals surface area contributed by atoms with E-state index in [1.807, 2.05) is 19.1 Å². The summed E-state index contributed by atoms with van der Waals surface area (Å²) in [6.07, 6.45) is 1.07. The third-order valence-corrected chi connectivity index (χ3v) is 8.78. The average molecular weight is 228 g/mol. The largest absolute Gasteiger partial charge is 0.303 e. The van der Waals surface area contributed by atoms with Crippen LogP contribution in [-0.4, -0.2) is 32.9 Å². The molecule has 15 heavy (non-hydrogen) atoms. The van der Waals surface area contributed by atoms with Crippen LogP contribution in [0.4, 0.5) is 0 Å². The van der Waals surface area contributed by atoms with E-state index in [-0.39, 0.29) is 0 Å². The van der Waals surface area contributed by atoms with Gasteiger partial charge in [-0.15, -0.1) is 0 Å². The Balaban J connectivity index is 4.70. The Morgan fingerprint density at radius 2 is 1.67 bits per heavy atom. The van der Waals surface area contributed by atoms with Crippen molar-refractivity contribution in [1.29, 1.82) is 0 Å². The second-order valence-electron chi connectivity index (χ2n) is 6.18. The fraction of sp³-hybridized carbons (Fsp3) is 0.917. The van der Waals surface area contributed by atoms with Gasteiger partial charge < -0.3 is 5.01 Å². The molecule has 0 rings (SSSR count). The van der Waals surface area contributed by atoms with E-state index in [0.29, 0.717) is 5.04 Å². The fourth-order valence-electron chi connectivity index (χ4n) is 1.29. The Morgan fingerprint density at radius 1 is 1.20 bits per heavy atom. The van der Waals surface area contributed by atoms with Crippen LogP contribution < -0.4 is 0 Å². The summed E-state index contributed by atoms with van der Waals surface area (Å²) in [4.78, 5) is 0. The first-order valence-electron chi connectivity index (χ1n) is 5.84. The molecule has 2 nitrogen and oxygen atoms in total. The summed E-state index contributed by atoms with van der Waals surface area (Å²) in [7, 11) is 2.79. The Hall–Kier alpha value is -0.313. The van der Waals surface area contributed by atoms with E-state index in [1.165, 1.54) is 11.8 Å². The molecule has 0 unspecified atom stereocenters. The van der Waals surface area contributed by atoms with Crippen LogP contribution in [0.1, 0.15) is 34.1 Å². The molecule has 0 fully saturated rings. The second-order valence-corrected chi connectivity index (χ2v) is 11.8. The van der Waals surface area contributed by atoms with E-state index < -0.39 is 8.07 Å². The maximum atomic E-state index is 4.58. The molecule has 0 spiro atoms. The number of hydrazone groups is 1. The monoisotopic (exact) mass is 228 g/mol. The van der Waals surface area contributed by atoms with Crippen molar-refractivity contribution in [3.63, 3.8) is 0 Å². The molecule has 0 aliphatic heterocycles. The Kier molecular flexibility index (Phi) is 5.04. The predicted molar refractivity (Wildman–Crippen MR) is 73.4 cm³/mol. The van der Waals surface area contributed by atoms with Gasteiger partial charge in [0.1, 0.15) is 0 Å². The summed E-state index contributed by atoms with van der Waals surface area (Å²) in [5.74, 6) is 0. The highest BCUT2D eigenvalue weighted by Crippen LogP contribution is 2.39. The fourth-order valence-corrected chi connectivity index (χ4v) is 3.16. The molecule has 0 aliphatic carbocycles. The van der Waals surface area contributed by atoms with Gasteiger partial charge in [-0.2, -0.15) is 5.10 Å². The first kappa shape index (κ1) is 14.7. The highest BCUT2D eigenvalue weighted by molar-refractivity contribution is 6.82. The highest BCUT2D eigenvalue weighted by atomic mass is 28.3. The van der Waals surface area contributed by atoms with E-state index in [1.54, 1.807) is 0 Å². The van der Waals surface area contributed by atoms with Gasteiger partial charge in [-0.3, -0.25) is 0 Å². The van der Waals surface area contributed by atoms with Gasteiger partial charge in [-0.25, -0.2) is 0 Å². The van der Waals surface area contributed by atoms with Crippen LogP contribution in [-0.2, 0) is 0 Å². The Bertz CT molecular complexity index is 224. The standard InChI is InChI=1S/C12H28N2Si/c1-9-11(13-14(5)6)10-15(7,8)12(2,3)4/h9-10H2,1-8H3/b13-11+. The van der Waals surface area contributed by atoms with Crippen LogP contribution in [0.2, 0.25) is 24.2 Å². The first-order chi connectivity index (χ1) is 6.60. The molecule has 3 heteroatoms. The molecule has 0 atom stereocenters. The minimum Gasteiger partial charge on any atom is -0.303 e. The van der Waals surface area contributed by atoms with Crippen molar-refractivity contribution in [2.75, 3.05) is 14.1 Å². The van der Waals surface area contributed by atoms with Crippen LogP contribution in [0.3, 0.4) is 0 Å². The smallest absolute Gasteiger partial charge is 0.0586 e. The molecule has 90 valence electrons. The predicted octanol–water partition coefficient (Wildman–Crippen LogP) is 3.82. The Labute approximate surface area is 96.8 Å². The summed E-state index contributed by atoms with van der Waals surface area (Å²) >= 11 is 0. The summed E-state index contributed by atoms with van der Waals surface area (Å²) in [6, 6.07) is 1.21. The maximum absolute atomic E-state index is 4.58. The number of hydrogen-bond donors (Lipinski definition) is 0. The molecular formula is C12H28N2Si. The molecule has 0 saturated carbocycles. The second kappa shape index (κ2) is 5.15. The Morgan fingerprint density at radius 3 is 1.93 bits per heavy atom. The van der Waals surface area contributed by atoms with Gasteiger partial charge >= 0.3 is 0 Å². The molecule has 0 aliphatic rings. The third kappa shape index (κ3) is 4.82. The van der Waals surface area contributed by atoms with Crippen LogP contribution >= 0.6 is 0 Å². The lowest BCUT2D eigenvalue weighted by atomic mass is 10.2. The summed E-state index contributed by atoms with van der Waals surface area (Å²) < 4.78 is 0. The number of hydrogen-bond acceptors (Lipinski definition) is 2. The molecule has 0 aromatic rings. The molecular weight excluding hydrogens is 200 g/mol. The maximum Gasteiger partial charge on any atom is 0.0586 e. The number of nitrogens with zero attached hydrogens (tertiary/aromatic N) is 2. The lowest BCUT2D eigenvalue weighted by Crippen LogP contribution is -2.39. The third-order valence-electron chi connectivity index (χ3n) is 3.43. The number of rotatable bonds is 4. The van der Waals surface area contributed by atoms with Crippen LogP contribution in [0, 0.1) is 0 Å². The minimum absolute atomic E-state index is 0.454. The van der Waals surface area contributed by atoms with E-state index >= 15 is 0 Å². The molecule has 0 aromatic heterocycles. The molecule has 0 saturated heterocycles. The van der Waals surface area contributed by atoms with E-state index in [4.69, 9.17) is 0 Å². The molecule has 0 radical (unpaired) electrons. The van der Waals surface area contributed by atoms with Crippen LogP contribution in [0.5, 0.6) is 0 Å². The van der Waals surface area contributed by atoms with Gasteiger partial charge in [0.15, 0.2) is 0 Å². The SMILES string of the molecule is CC/C(C[Si](C)(C)C(C)(C)C)=N\N(C)C. The summed E-state index contributed by atoms with van der Waals surface area (Å²) in [5, 5.41) is 6.96. The first-order valence-corrected chi connectivity index (χ1v) is 9.04. The van der Waals surface area contributed by atoms with Crippen molar-refractivity contribution < 1.29 is 0 Å². The zero-order chi connectivity index (χ0) is 12.3. The van der Waals surface area contributed by atoms with Crippen molar-refractivity contribution in [1.82, 2.24) is 5.01 Å². The van der Waals surface area contributed by atoms with Crippen molar-refractivity contribution in [3.05, 3.63) is 0 Å². The summed E-state index contributed by atoms with van der Waals surface area (Å²) in [6.45, 7) is 14.2. The molecule has 0 amide bonds. The zero-order valence-corrected chi connectivity index (χ0v) is 12.8. The average Bonchev–Trinajstić information content (AvgIpc) is 1.99. The quantitative estimate of drug-likeness (QED) is 0.406. The zero-order valence-electron chi connectivity index (χ0n) is 11.8. The lowest BCUT2D eigenvalue weighted by Gasteiger charge is -2.37. The normalized spacial score (nSPS) is 14.3. The van der Waals surface area contributed by atoms with Gasteiger partial charge in [0.25, 0.3) is 0 Å². The highest BCUT2D eigenvalue weighted by Gasteiger charge is 2.35. The van der Waals surface area contributed by atoms with Crippen molar-refractivity contribution >= 4 is 13.8 Å². The molecule has 0 bridgehead atoms. The molecule has 0 heterocycles. The van der Waals surface area contributed by atoms with Crippen LogP contribution in [0.15, 0.2) is 5.10 Å². The minimum atomic E-state index is -1.21. The van der Waals surface area contributed by atoms with Crippen LogP contribution in [0.25, 0.3) is 0 Å². The van der Waals surface area contributed by atoms with Gasteiger partial charge in [-0.1, -0.05) is 40.8 Å². The van der Waals surface area contributed by atoms with E-state index in [2.05, 4.69) is 45.9 Å². The lowest BCUT2D eigenvalue weighted by molar-refractivity contribution is 0.436. The van der Waals surface area contributed by atoms with Gasteiger partial charge in [0.2, 0.25) is 0 Å². The van der Waals surface area contributed by atoms with Crippen molar-refractivity contribution in [2.24, 2.45) is 5.10 Å². The van der Waals surface area contributed by atoms with E-state index in [0.717, 1.165) is 6.42 Å². The molecule has 0 N–H and O–H groups in total. The molecule has 0 aromatic carbocycles.